The molecule has 0 aliphatic rings. The highest BCUT2D eigenvalue weighted by Crippen LogP contribution is 2.34. The van der Waals surface area contributed by atoms with E-state index in [1.165, 1.54) is 6.07 Å². The van der Waals surface area contributed by atoms with Gasteiger partial charge in [0, 0.05) is 28.5 Å². The Hall–Kier alpha value is -1.95. The molecule has 86 valence electrons. The van der Waals surface area contributed by atoms with E-state index < -0.39 is 4.92 Å². The summed E-state index contributed by atoms with van der Waals surface area (Å²) in [6, 6.07) is 6.77. The Morgan fingerprint density at radius 2 is 2.12 bits per heavy atom. The van der Waals surface area contributed by atoms with Crippen molar-refractivity contribution >= 4 is 27.3 Å². The first-order chi connectivity index (χ1) is 8.09. The number of nitro benzene ring substituents is 1. The molecule has 2 rings (SSSR count). The molecule has 0 aliphatic heterocycles. The summed E-state index contributed by atoms with van der Waals surface area (Å²) in [7, 11) is 0. The number of hydrogen-bond donors (Lipinski definition) is 1. The molecule has 0 unspecified atom stereocenters. The average molecular weight is 294 g/mol. The van der Waals surface area contributed by atoms with Crippen LogP contribution in [0.4, 0.5) is 11.4 Å². The highest BCUT2D eigenvalue weighted by Gasteiger charge is 2.16. The molecular weight excluding hydrogens is 286 g/mol. The van der Waals surface area contributed by atoms with Crippen LogP contribution in [0.2, 0.25) is 0 Å². The van der Waals surface area contributed by atoms with Crippen LogP contribution in [0.5, 0.6) is 0 Å². The second-order valence-corrected chi connectivity index (χ2v) is 4.24. The number of nitro groups is 1. The average Bonchev–Trinajstić information content (AvgIpc) is 2.33. The Kier molecular flexibility index (Phi) is 3.06. The van der Waals surface area contributed by atoms with Gasteiger partial charge >= 0.3 is 0 Å². The minimum atomic E-state index is -0.500. The van der Waals surface area contributed by atoms with Crippen LogP contribution in [0.25, 0.3) is 11.1 Å². The maximum absolute atomic E-state index is 10.8. The van der Waals surface area contributed by atoms with Crippen LogP contribution in [0.15, 0.2) is 41.1 Å². The van der Waals surface area contributed by atoms with E-state index in [0.717, 1.165) is 5.56 Å². The Morgan fingerprint density at radius 3 is 2.71 bits per heavy atom. The summed E-state index contributed by atoms with van der Waals surface area (Å²) in [5.74, 6) is 0. The van der Waals surface area contributed by atoms with Gasteiger partial charge in [-0.15, -0.1) is 0 Å². The number of aromatic nitrogens is 1. The zero-order valence-electron chi connectivity index (χ0n) is 8.63. The standard InChI is InChI=1S/C11H8BrN3O2/c12-9-4-8(7-2-1-3-14-6-7)5-10(11(9)13)15(16)17/h1-6H,13H2. The first-order valence-corrected chi connectivity index (χ1v) is 5.52. The zero-order chi connectivity index (χ0) is 12.4. The van der Waals surface area contributed by atoms with E-state index in [1.54, 1.807) is 24.5 Å². The van der Waals surface area contributed by atoms with Crippen LogP contribution < -0.4 is 5.73 Å². The molecule has 6 heteroatoms. The van der Waals surface area contributed by atoms with E-state index >= 15 is 0 Å². The van der Waals surface area contributed by atoms with Crippen LogP contribution in [-0.2, 0) is 0 Å². The quantitative estimate of drug-likeness (QED) is 0.524. The summed E-state index contributed by atoms with van der Waals surface area (Å²) < 4.78 is 0.505. The number of nitrogen functional groups attached to an aromatic ring is 1. The van der Waals surface area contributed by atoms with Gasteiger partial charge in [-0.1, -0.05) is 6.07 Å². The maximum Gasteiger partial charge on any atom is 0.293 e. The molecule has 0 spiro atoms. The van der Waals surface area contributed by atoms with E-state index in [9.17, 15) is 10.1 Å². The summed E-state index contributed by atoms with van der Waals surface area (Å²) in [6.45, 7) is 0. The molecule has 5 nitrogen and oxygen atoms in total. The van der Waals surface area contributed by atoms with Crippen molar-refractivity contribution in [3.63, 3.8) is 0 Å². The molecule has 0 saturated heterocycles. The number of halogens is 1. The molecule has 1 heterocycles. The molecule has 0 saturated carbocycles. The lowest BCUT2D eigenvalue weighted by Gasteiger charge is -2.05. The summed E-state index contributed by atoms with van der Waals surface area (Å²) in [5.41, 5.74) is 7.14. The van der Waals surface area contributed by atoms with Crippen molar-refractivity contribution in [3.8, 4) is 11.1 Å². The summed E-state index contributed by atoms with van der Waals surface area (Å²) in [5, 5.41) is 10.8. The maximum atomic E-state index is 10.8. The topological polar surface area (TPSA) is 82.0 Å². The lowest BCUT2D eigenvalue weighted by Crippen LogP contribution is -1.97. The molecule has 1 aromatic carbocycles. The molecule has 0 fully saturated rings. The molecule has 0 atom stereocenters. The van der Waals surface area contributed by atoms with Gasteiger partial charge in [0.1, 0.15) is 5.69 Å². The minimum Gasteiger partial charge on any atom is -0.392 e. The van der Waals surface area contributed by atoms with Crippen molar-refractivity contribution in [2.24, 2.45) is 0 Å². The molecule has 0 aliphatic carbocycles. The fourth-order valence-corrected chi connectivity index (χ4v) is 1.90. The second-order valence-electron chi connectivity index (χ2n) is 3.39. The number of pyridine rings is 1. The third-order valence-electron chi connectivity index (χ3n) is 2.30. The minimum absolute atomic E-state index is 0.113. The van der Waals surface area contributed by atoms with E-state index in [-0.39, 0.29) is 11.4 Å². The van der Waals surface area contributed by atoms with Crippen LogP contribution >= 0.6 is 15.9 Å². The van der Waals surface area contributed by atoms with Gasteiger partial charge < -0.3 is 5.73 Å². The summed E-state index contributed by atoms with van der Waals surface area (Å²) >= 11 is 3.21. The van der Waals surface area contributed by atoms with Gasteiger partial charge in [-0.25, -0.2) is 0 Å². The number of hydrogen-bond acceptors (Lipinski definition) is 4. The van der Waals surface area contributed by atoms with Crippen LogP contribution in [0.3, 0.4) is 0 Å². The van der Waals surface area contributed by atoms with Gasteiger partial charge in [0.15, 0.2) is 0 Å². The monoisotopic (exact) mass is 293 g/mol. The fraction of sp³-hybridized carbons (Fsp3) is 0. The Balaban J connectivity index is 2.61. The van der Waals surface area contributed by atoms with E-state index in [1.807, 2.05) is 6.07 Å². The van der Waals surface area contributed by atoms with Crippen LogP contribution in [0, 0.1) is 10.1 Å². The predicted molar refractivity (Wildman–Crippen MR) is 68.4 cm³/mol. The summed E-state index contributed by atoms with van der Waals surface area (Å²) in [6.07, 6.45) is 3.28. The molecule has 0 radical (unpaired) electrons. The smallest absolute Gasteiger partial charge is 0.293 e. The van der Waals surface area contributed by atoms with Crippen molar-refractivity contribution in [3.05, 3.63) is 51.2 Å². The van der Waals surface area contributed by atoms with E-state index in [2.05, 4.69) is 20.9 Å². The second kappa shape index (κ2) is 4.50. The highest BCUT2D eigenvalue weighted by molar-refractivity contribution is 9.10. The third kappa shape index (κ3) is 2.26. The number of nitrogens with zero attached hydrogens (tertiary/aromatic N) is 2. The Morgan fingerprint density at radius 1 is 1.35 bits per heavy atom. The number of rotatable bonds is 2. The first-order valence-electron chi connectivity index (χ1n) is 4.73. The van der Waals surface area contributed by atoms with Gasteiger partial charge in [-0.3, -0.25) is 15.1 Å². The lowest BCUT2D eigenvalue weighted by atomic mass is 10.1. The molecular formula is C11H8BrN3O2. The van der Waals surface area contributed by atoms with Crippen molar-refractivity contribution < 1.29 is 4.92 Å². The van der Waals surface area contributed by atoms with Crippen molar-refractivity contribution in [2.75, 3.05) is 5.73 Å². The van der Waals surface area contributed by atoms with Gasteiger partial charge in [0.2, 0.25) is 0 Å². The highest BCUT2D eigenvalue weighted by atomic mass is 79.9. The summed E-state index contributed by atoms with van der Waals surface area (Å²) in [4.78, 5) is 14.3. The van der Waals surface area contributed by atoms with Gasteiger partial charge in [-0.05, 0) is 33.6 Å². The SMILES string of the molecule is Nc1c(Br)cc(-c2cccnc2)cc1[N+](=O)[O-]. The van der Waals surface area contributed by atoms with Crippen LogP contribution in [-0.4, -0.2) is 9.91 Å². The zero-order valence-corrected chi connectivity index (χ0v) is 10.2. The first kappa shape index (κ1) is 11.5. The Labute approximate surface area is 106 Å². The van der Waals surface area contributed by atoms with Gasteiger partial charge in [0.25, 0.3) is 5.69 Å². The number of benzene rings is 1. The number of nitrogens with two attached hydrogens (primary N) is 1. The predicted octanol–water partition coefficient (Wildman–Crippen LogP) is 3.00. The largest absolute Gasteiger partial charge is 0.392 e. The van der Waals surface area contributed by atoms with Crippen molar-refractivity contribution in [2.45, 2.75) is 0 Å². The fourth-order valence-electron chi connectivity index (χ4n) is 1.45. The third-order valence-corrected chi connectivity index (χ3v) is 2.96. The van der Waals surface area contributed by atoms with Gasteiger partial charge in [0.05, 0.1) is 4.92 Å². The molecule has 2 N–H and O–H groups in total. The van der Waals surface area contributed by atoms with Crippen molar-refractivity contribution in [1.29, 1.82) is 0 Å². The van der Waals surface area contributed by atoms with E-state index in [0.29, 0.717) is 10.0 Å². The lowest BCUT2D eigenvalue weighted by molar-refractivity contribution is -0.383. The molecule has 0 amide bonds. The number of anilines is 1. The molecule has 2 aromatic rings. The molecule has 17 heavy (non-hydrogen) atoms. The van der Waals surface area contributed by atoms with Gasteiger partial charge in [-0.2, -0.15) is 0 Å². The van der Waals surface area contributed by atoms with Crippen LogP contribution in [0.1, 0.15) is 0 Å². The molecule has 1 aromatic heterocycles. The Bertz CT molecular complexity index is 572. The molecule has 0 bridgehead atoms. The van der Waals surface area contributed by atoms with Crippen molar-refractivity contribution in [1.82, 2.24) is 4.98 Å². The normalized spacial score (nSPS) is 10.2. The van der Waals surface area contributed by atoms with E-state index in [4.69, 9.17) is 5.73 Å².